The van der Waals surface area contributed by atoms with Crippen LogP contribution in [-0.2, 0) is 0 Å². The molecular formula is C12H21N. The van der Waals surface area contributed by atoms with Crippen LogP contribution in [0.3, 0.4) is 0 Å². The Morgan fingerprint density at radius 1 is 1.38 bits per heavy atom. The predicted octanol–water partition coefficient (Wildman–Crippen LogP) is 3.60. The first kappa shape index (κ1) is 10.5. The molecule has 1 aliphatic carbocycles. The highest BCUT2D eigenvalue weighted by Crippen LogP contribution is 2.20. The van der Waals surface area contributed by atoms with Crippen molar-refractivity contribution in [1.82, 2.24) is 0 Å². The zero-order valence-corrected chi connectivity index (χ0v) is 8.71. The van der Waals surface area contributed by atoms with Gasteiger partial charge in [-0.15, -0.1) is 6.58 Å². The first-order chi connectivity index (χ1) is 6.33. The summed E-state index contributed by atoms with van der Waals surface area (Å²) in [4.78, 5) is 4.63. The molecule has 0 aliphatic heterocycles. The van der Waals surface area contributed by atoms with Crippen LogP contribution in [0.25, 0.3) is 0 Å². The van der Waals surface area contributed by atoms with Crippen molar-refractivity contribution in [3.63, 3.8) is 0 Å². The highest BCUT2D eigenvalue weighted by Gasteiger charge is 2.10. The smallest absolute Gasteiger partial charge is 0.0495 e. The Balaban J connectivity index is 2.24. The number of hydrogen-bond acceptors (Lipinski definition) is 1. The molecule has 0 spiro atoms. The summed E-state index contributed by atoms with van der Waals surface area (Å²) >= 11 is 0. The Kier molecular flexibility index (Phi) is 4.81. The predicted molar refractivity (Wildman–Crippen MR) is 59.3 cm³/mol. The Morgan fingerprint density at radius 3 is 2.69 bits per heavy atom. The summed E-state index contributed by atoms with van der Waals surface area (Å²) in [5, 5.41) is 0. The Labute approximate surface area is 82.0 Å². The summed E-state index contributed by atoms with van der Waals surface area (Å²) in [5.41, 5.74) is 0. The van der Waals surface area contributed by atoms with Crippen LogP contribution in [0.5, 0.6) is 0 Å². The number of nitrogens with zero attached hydrogens (tertiary/aromatic N) is 1. The zero-order chi connectivity index (χ0) is 9.52. The lowest BCUT2D eigenvalue weighted by atomic mass is 9.96. The van der Waals surface area contributed by atoms with Gasteiger partial charge in [-0.05, 0) is 25.2 Å². The summed E-state index contributed by atoms with van der Waals surface area (Å²) in [6.07, 6.45) is 11.9. The van der Waals surface area contributed by atoms with Gasteiger partial charge in [0, 0.05) is 12.3 Å². The maximum absolute atomic E-state index is 4.63. The number of hydrogen-bond donors (Lipinski definition) is 0. The molecule has 1 saturated carbocycles. The average Bonchev–Trinajstić information content (AvgIpc) is 2.17. The molecule has 1 rings (SSSR count). The van der Waals surface area contributed by atoms with Crippen LogP contribution in [0.15, 0.2) is 17.6 Å². The van der Waals surface area contributed by atoms with Crippen molar-refractivity contribution >= 4 is 6.21 Å². The monoisotopic (exact) mass is 179 g/mol. The fraction of sp³-hybridized carbons (Fsp3) is 0.750. The van der Waals surface area contributed by atoms with Crippen LogP contribution < -0.4 is 0 Å². The topological polar surface area (TPSA) is 12.4 Å². The minimum absolute atomic E-state index is 0.569. The second-order valence-electron chi connectivity index (χ2n) is 4.09. The SMILES string of the molecule is C=CCC(C)C=NC1CCCCC1. The molecular weight excluding hydrogens is 158 g/mol. The molecule has 1 nitrogen and oxygen atoms in total. The standard InChI is InChI=1S/C12H21N/c1-3-7-11(2)10-13-12-8-5-4-6-9-12/h3,10-12H,1,4-9H2,2H3. The van der Waals surface area contributed by atoms with Crippen molar-refractivity contribution in [2.45, 2.75) is 51.5 Å². The largest absolute Gasteiger partial charge is 0.294 e. The van der Waals surface area contributed by atoms with E-state index in [0.29, 0.717) is 12.0 Å². The fourth-order valence-corrected chi connectivity index (χ4v) is 1.82. The van der Waals surface area contributed by atoms with Crippen LogP contribution >= 0.6 is 0 Å². The first-order valence-corrected chi connectivity index (χ1v) is 5.47. The maximum Gasteiger partial charge on any atom is 0.0495 e. The third-order valence-electron chi connectivity index (χ3n) is 2.66. The second-order valence-corrected chi connectivity index (χ2v) is 4.09. The molecule has 0 aromatic heterocycles. The molecule has 0 radical (unpaired) electrons. The van der Waals surface area contributed by atoms with Gasteiger partial charge in [0.05, 0.1) is 0 Å². The van der Waals surface area contributed by atoms with Gasteiger partial charge in [0.15, 0.2) is 0 Å². The lowest BCUT2D eigenvalue weighted by molar-refractivity contribution is 0.443. The molecule has 0 aromatic carbocycles. The molecule has 1 aliphatic rings. The molecule has 0 saturated heterocycles. The third-order valence-corrected chi connectivity index (χ3v) is 2.66. The van der Waals surface area contributed by atoms with Gasteiger partial charge in [-0.3, -0.25) is 4.99 Å². The van der Waals surface area contributed by atoms with E-state index in [1.807, 2.05) is 6.08 Å². The Hall–Kier alpha value is -0.590. The van der Waals surface area contributed by atoms with Crippen LogP contribution in [0.2, 0.25) is 0 Å². The van der Waals surface area contributed by atoms with Gasteiger partial charge in [0.1, 0.15) is 0 Å². The van der Waals surface area contributed by atoms with Crippen LogP contribution in [-0.4, -0.2) is 12.3 Å². The van der Waals surface area contributed by atoms with Crippen molar-refractivity contribution in [2.24, 2.45) is 10.9 Å². The normalized spacial score (nSPS) is 21.9. The number of aliphatic imine (C=N–C) groups is 1. The van der Waals surface area contributed by atoms with Gasteiger partial charge in [-0.1, -0.05) is 32.3 Å². The Bertz CT molecular complexity index is 166. The minimum atomic E-state index is 0.569. The lowest BCUT2D eigenvalue weighted by Crippen LogP contribution is -2.10. The van der Waals surface area contributed by atoms with E-state index in [0.717, 1.165) is 6.42 Å². The zero-order valence-electron chi connectivity index (χ0n) is 8.71. The van der Waals surface area contributed by atoms with Gasteiger partial charge < -0.3 is 0 Å². The molecule has 1 heteroatoms. The summed E-state index contributed by atoms with van der Waals surface area (Å²) in [6.45, 7) is 5.94. The second kappa shape index (κ2) is 5.95. The van der Waals surface area contributed by atoms with Gasteiger partial charge in [-0.25, -0.2) is 0 Å². The number of allylic oxidation sites excluding steroid dienone is 1. The highest BCUT2D eigenvalue weighted by molar-refractivity contribution is 5.60. The quantitative estimate of drug-likeness (QED) is 0.462. The van der Waals surface area contributed by atoms with E-state index in [4.69, 9.17) is 0 Å². The van der Waals surface area contributed by atoms with E-state index in [9.17, 15) is 0 Å². The first-order valence-electron chi connectivity index (χ1n) is 5.47. The molecule has 0 heterocycles. The summed E-state index contributed by atoms with van der Waals surface area (Å²) in [6, 6.07) is 0.626. The van der Waals surface area contributed by atoms with E-state index in [1.165, 1.54) is 32.1 Å². The van der Waals surface area contributed by atoms with Crippen molar-refractivity contribution in [3.8, 4) is 0 Å². The molecule has 0 bridgehead atoms. The molecule has 13 heavy (non-hydrogen) atoms. The van der Waals surface area contributed by atoms with Crippen molar-refractivity contribution in [2.75, 3.05) is 0 Å². The van der Waals surface area contributed by atoms with Crippen molar-refractivity contribution < 1.29 is 0 Å². The van der Waals surface area contributed by atoms with E-state index in [-0.39, 0.29) is 0 Å². The molecule has 1 atom stereocenters. The molecule has 0 amide bonds. The molecule has 74 valence electrons. The van der Waals surface area contributed by atoms with E-state index in [1.54, 1.807) is 0 Å². The van der Waals surface area contributed by atoms with Gasteiger partial charge >= 0.3 is 0 Å². The lowest BCUT2D eigenvalue weighted by Gasteiger charge is -2.17. The van der Waals surface area contributed by atoms with Crippen molar-refractivity contribution in [3.05, 3.63) is 12.7 Å². The fourth-order valence-electron chi connectivity index (χ4n) is 1.82. The molecule has 1 unspecified atom stereocenters. The van der Waals surface area contributed by atoms with Crippen LogP contribution in [0.1, 0.15) is 45.4 Å². The third kappa shape index (κ3) is 4.25. The molecule has 0 aromatic rings. The molecule has 0 N–H and O–H groups in total. The summed E-state index contributed by atoms with van der Waals surface area (Å²) in [5.74, 6) is 0.569. The van der Waals surface area contributed by atoms with Gasteiger partial charge in [-0.2, -0.15) is 0 Å². The Morgan fingerprint density at radius 2 is 2.08 bits per heavy atom. The van der Waals surface area contributed by atoms with Crippen LogP contribution in [0.4, 0.5) is 0 Å². The van der Waals surface area contributed by atoms with Crippen LogP contribution in [0, 0.1) is 5.92 Å². The van der Waals surface area contributed by atoms with Gasteiger partial charge in [0.2, 0.25) is 0 Å². The highest BCUT2D eigenvalue weighted by atomic mass is 14.8. The average molecular weight is 179 g/mol. The summed E-state index contributed by atoms with van der Waals surface area (Å²) in [7, 11) is 0. The summed E-state index contributed by atoms with van der Waals surface area (Å²) < 4.78 is 0. The van der Waals surface area contributed by atoms with E-state index < -0.39 is 0 Å². The number of rotatable bonds is 4. The minimum Gasteiger partial charge on any atom is -0.294 e. The molecule has 1 fully saturated rings. The van der Waals surface area contributed by atoms with E-state index in [2.05, 4.69) is 24.7 Å². The maximum atomic E-state index is 4.63. The van der Waals surface area contributed by atoms with Gasteiger partial charge in [0.25, 0.3) is 0 Å². The van der Waals surface area contributed by atoms with Crippen molar-refractivity contribution in [1.29, 1.82) is 0 Å². The van der Waals surface area contributed by atoms with E-state index >= 15 is 0 Å².